The molecule has 0 aliphatic carbocycles. The highest BCUT2D eigenvalue weighted by molar-refractivity contribution is 5.81. The summed E-state index contributed by atoms with van der Waals surface area (Å²) >= 11 is 0. The molecule has 138 valence electrons. The number of carbonyl (C=O) groups is 1. The zero-order chi connectivity index (χ0) is 18.7. The lowest BCUT2D eigenvalue weighted by atomic mass is 10.1. The molecule has 2 aromatic heterocycles. The zero-order valence-corrected chi connectivity index (χ0v) is 16.2. The minimum atomic E-state index is 0.113. The first-order valence-corrected chi connectivity index (χ1v) is 9.28. The molecule has 2 heterocycles. The number of rotatable bonds is 7. The molecule has 0 atom stereocenters. The van der Waals surface area contributed by atoms with Crippen LogP contribution in [0.15, 0.2) is 30.3 Å². The van der Waals surface area contributed by atoms with Crippen LogP contribution in [-0.4, -0.2) is 26.8 Å². The number of carbonyl (C=O) groups excluding carboxylic acids is 1. The summed E-state index contributed by atoms with van der Waals surface area (Å²) < 4.78 is 4.14. The topological polar surface area (TPSA) is 51.9 Å². The first-order valence-electron chi connectivity index (χ1n) is 9.28. The fraction of sp³-hybridized carbons (Fsp3) is 0.429. The van der Waals surface area contributed by atoms with Crippen molar-refractivity contribution >= 4 is 16.8 Å². The smallest absolute Gasteiger partial charge is 0.221 e. The number of aromatic nitrogens is 3. The second-order valence-electron chi connectivity index (χ2n) is 6.97. The molecule has 0 saturated heterocycles. The second-order valence-corrected chi connectivity index (χ2v) is 6.97. The van der Waals surface area contributed by atoms with E-state index < -0.39 is 0 Å². The summed E-state index contributed by atoms with van der Waals surface area (Å²) in [5.41, 5.74) is 5.99. The number of fused-ring (bicyclic) bond motifs is 1. The van der Waals surface area contributed by atoms with Gasteiger partial charge in [-0.15, -0.1) is 0 Å². The van der Waals surface area contributed by atoms with E-state index >= 15 is 0 Å². The highest BCUT2D eigenvalue weighted by Crippen LogP contribution is 2.19. The van der Waals surface area contributed by atoms with Crippen LogP contribution in [0.5, 0.6) is 0 Å². The van der Waals surface area contributed by atoms with Crippen molar-refractivity contribution in [1.82, 2.24) is 19.7 Å². The fourth-order valence-electron chi connectivity index (χ4n) is 3.62. The SMILES string of the molecule is Cc1nn(C)c(C)c1CCCNC(=O)CCn1c(C)cc2ccccc21. The normalized spacial score (nSPS) is 11.2. The van der Waals surface area contributed by atoms with E-state index in [1.807, 2.05) is 30.8 Å². The maximum absolute atomic E-state index is 12.2. The molecule has 0 radical (unpaired) electrons. The van der Waals surface area contributed by atoms with Gasteiger partial charge in [-0.2, -0.15) is 5.10 Å². The first-order chi connectivity index (χ1) is 12.5. The fourth-order valence-corrected chi connectivity index (χ4v) is 3.62. The van der Waals surface area contributed by atoms with Crippen molar-refractivity contribution in [2.24, 2.45) is 7.05 Å². The second kappa shape index (κ2) is 7.77. The number of nitrogens with zero attached hydrogens (tertiary/aromatic N) is 3. The largest absolute Gasteiger partial charge is 0.356 e. The van der Waals surface area contributed by atoms with Gasteiger partial charge in [-0.1, -0.05) is 18.2 Å². The van der Waals surface area contributed by atoms with Crippen LogP contribution in [0.2, 0.25) is 0 Å². The summed E-state index contributed by atoms with van der Waals surface area (Å²) in [7, 11) is 1.97. The van der Waals surface area contributed by atoms with E-state index in [0.717, 1.165) is 18.5 Å². The summed E-state index contributed by atoms with van der Waals surface area (Å²) in [5, 5.41) is 8.72. The van der Waals surface area contributed by atoms with Crippen LogP contribution in [0.3, 0.4) is 0 Å². The number of para-hydroxylation sites is 1. The molecule has 3 aromatic rings. The highest BCUT2D eigenvalue weighted by Gasteiger charge is 2.10. The number of amides is 1. The van der Waals surface area contributed by atoms with Crippen LogP contribution in [0, 0.1) is 20.8 Å². The Kier molecular flexibility index (Phi) is 5.45. The summed E-state index contributed by atoms with van der Waals surface area (Å²) in [5.74, 6) is 0.113. The van der Waals surface area contributed by atoms with E-state index in [4.69, 9.17) is 0 Å². The minimum Gasteiger partial charge on any atom is -0.356 e. The highest BCUT2D eigenvalue weighted by atomic mass is 16.1. The van der Waals surface area contributed by atoms with E-state index in [-0.39, 0.29) is 5.91 Å². The Hall–Kier alpha value is -2.56. The van der Waals surface area contributed by atoms with Crippen LogP contribution in [0.1, 0.15) is 35.5 Å². The van der Waals surface area contributed by atoms with Crippen molar-refractivity contribution in [3.05, 3.63) is 53.0 Å². The summed E-state index contributed by atoms with van der Waals surface area (Å²) in [4.78, 5) is 12.2. The molecule has 26 heavy (non-hydrogen) atoms. The molecule has 3 rings (SSSR count). The molecule has 5 heteroatoms. The number of benzene rings is 1. The summed E-state index contributed by atoms with van der Waals surface area (Å²) in [6, 6.07) is 10.5. The van der Waals surface area contributed by atoms with Gasteiger partial charge in [0.05, 0.1) is 5.69 Å². The average Bonchev–Trinajstić information content (AvgIpc) is 3.06. The lowest BCUT2D eigenvalue weighted by Crippen LogP contribution is -2.26. The van der Waals surface area contributed by atoms with Crippen LogP contribution in [-0.2, 0) is 24.8 Å². The Balaban J connectivity index is 1.46. The molecule has 5 nitrogen and oxygen atoms in total. The van der Waals surface area contributed by atoms with Gasteiger partial charge in [0, 0.05) is 43.5 Å². The maximum atomic E-state index is 12.2. The van der Waals surface area contributed by atoms with Crippen molar-refractivity contribution in [3.63, 3.8) is 0 Å². The molecule has 0 aliphatic rings. The van der Waals surface area contributed by atoms with E-state index in [1.165, 1.54) is 27.9 Å². The van der Waals surface area contributed by atoms with Gasteiger partial charge in [-0.3, -0.25) is 9.48 Å². The Morgan fingerprint density at radius 3 is 2.69 bits per heavy atom. The summed E-state index contributed by atoms with van der Waals surface area (Å²) in [6.45, 7) is 7.66. The summed E-state index contributed by atoms with van der Waals surface area (Å²) in [6.07, 6.45) is 2.39. The number of hydrogen-bond acceptors (Lipinski definition) is 2. The predicted molar refractivity (Wildman–Crippen MR) is 105 cm³/mol. The van der Waals surface area contributed by atoms with E-state index in [9.17, 15) is 4.79 Å². The van der Waals surface area contributed by atoms with Gasteiger partial charge >= 0.3 is 0 Å². The lowest BCUT2D eigenvalue weighted by Gasteiger charge is -2.09. The van der Waals surface area contributed by atoms with Gasteiger partial charge < -0.3 is 9.88 Å². The Morgan fingerprint density at radius 1 is 1.19 bits per heavy atom. The van der Waals surface area contributed by atoms with Gasteiger partial charge in [0.1, 0.15) is 0 Å². The average molecular weight is 352 g/mol. The van der Waals surface area contributed by atoms with Crippen molar-refractivity contribution < 1.29 is 4.79 Å². The Labute approximate surface area is 155 Å². The maximum Gasteiger partial charge on any atom is 0.221 e. The first kappa shape index (κ1) is 18.2. The van der Waals surface area contributed by atoms with Gasteiger partial charge in [0.15, 0.2) is 0 Å². The van der Waals surface area contributed by atoms with Crippen LogP contribution in [0.25, 0.3) is 10.9 Å². The van der Waals surface area contributed by atoms with Gasteiger partial charge in [-0.25, -0.2) is 0 Å². The number of nitrogens with one attached hydrogen (secondary N) is 1. The monoisotopic (exact) mass is 352 g/mol. The van der Waals surface area contributed by atoms with Crippen molar-refractivity contribution in [1.29, 1.82) is 0 Å². The molecule has 0 spiro atoms. The zero-order valence-electron chi connectivity index (χ0n) is 16.2. The molecule has 0 aliphatic heterocycles. The van der Waals surface area contributed by atoms with Crippen molar-refractivity contribution in [2.45, 2.75) is 46.6 Å². The van der Waals surface area contributed by atoms with E-state index in [0.29, 0.717) is 19.5 Å². The molecule has 0 unspecified atom stereocenters. The van der Waals surface area contributed by atoms with Gasteiger partial charge in [0.2, 0.25) is 5.91 Å². The third-order valence-corrected chi connectivity index (χ3v) is 5.16. The van der Waals surface area contributed by atoms with Gasteiger partial charge in [-0.05, 0) is 56.7 Å². The number of hydrogen-bond donors (Lipinski definition) is 1. The molecule has 1 N–H and O–H groups in total. The third kappa shape index (κ3) is 3.82. The van der Waals surface area contributed by atoms with E-state index in [1.54, 1.807) is 0 Å². The molecule has 1 amide bonds. The molecular weight excluding hydrogens is 324 g/mol. The van der Waals surface area contributed by atoms with Crippen molar-refractivity contribution in [2.75, 3.05) is 6.54 Å². The molecule has 0 bridgehead atoms. The molecular formula is C21H28N4O. The molecule has 1 aromatic carbocycles. The molecule has 0 saturated carbocycles. The van der Waals surface area contributed by atoms with Crippen LogP contribution < -0.4 is 5.32 Å². The van der Waals surface area contributed by atoms with Crippen LogP contribution in [0.4, 0.5) is 0 Å². The van der Waals surface area contributed by atoms with E-state index in [2.05, 4.69) is 47.0 Å². The molecule has 0 fully saturated rings. The van der Waals surface area contributed by atoms with Crippen molar-refractivity contribution in [3.8, 4) is 0 Å². The minimum absolute atomic E-state index is 0.113. The predicted octanol–water partition coefficient (Wildman–Crippen LogP) is 3.44. The Bertz CT molecular complexity index is 920. The van der Waals surface area contributed by atoms with Gasteiger partial charge in [0.25, 0.3) is 0 Å². The van der Waals surface area contributed by atoms with Crippen LogP contribution >= 0.6 is 0 Å². The number of aryl methyl sites for hydroxylation is 4. The third-order valence-electron chi connectivity index (χ3n) is 5.16. The quantitative estimate of drug-likeness (QED) is 0.662. The Morgan fingerprint density at radius 2 is 1.96 bits per heavy atom. The standard InChI is InChI=1S/C21H28N4O/c1-15-14-18-8-5-6-10-20(18)25(15)13-11-21(26)22-12-7-9-19-16(2)23-24(4)17(19)3/h5-6,8,10,14H,7,9,11-13H2,1-4H3,(H,22,26). The lowest BCUT2D eigenvalue weighted by molar-refractivity contribution is -0.121.